The fourth-order valence-corrected chi connectivity index (χ4v) is 3.83. The molecule has 2 aromatic carbocycles. The molecule has 0 saturated carbocycles. The zero-order valence-corrected chi connectivity index (χ0v) is 20.4. The van der Waals surface area contributed by atoms with Crippen LogP contribution < -0.4 is 30.2 Å². The van der Waals surface area contributed by atoms with E-state index in [1.165, 1.54) is 11.3 Å². The van der Waals surface area contributed by atoms with E-state index < -0.39 is 0 Å². The highest BCUT2D eigenvalue weighted by atomic mass is 32.1. The second-order valence-electron chi connectivity index (χ2n) is 6.68. The minimum atomic E-state index is -0.207. The van der Waals surface area contributed by atoms with Crippen LogP contribution >= 0.6 is 23.6 Å². The summed E-state index contributed by atoms with van der Waals surface area (Å²) in [6.07, 6.45) is 0. The zero-order valence-electron chi connectivity index (χ0n) is 18.8. The number of nitrogens with one attached hydrogen (secondary N) is 3. The number of carbonyl (C=O) groups is 1. The maximum Gasteiger partial charge on any atom is 0.265 e. The van der Waals surface area contributed by atoms with Crippen LogP contribution in [-0.4, -0.2) is 30.8 Å². The van der Waals surface area contributed by atoms with Crippen molar-refractivity contribution in [1.29, 1.82) is 0 Å². The van der Waals surface area contributed by atoms with Gasteiger partial charge in [0.25, 0.3) is 5.91 Å². The van der Waals surface area contributed by atoms with E-state index in [1.807, 2.05) is 56.5 Å². The van der Waals surface area contributed by atoms with Crippen molar-refractivity contribution in [3.05, 3.63) is 58.8 Å². The van der Waals surface area contributed by atoms with Gasteiger partial charge in [-0.2, -0.15) is 0 Å². The van der Waals surface area contributed by atoms with Crippen LogP contribution in [0.1, 0.15) is 30.4 Å². The number of thiophene rings is 1. The molecule has 0 aliphatic carbocycles. The first kappa shape index (κ1) is 24.3. The average Bonchev–Trinajstić information content (AvgIpc) is 3.33. The summed E-state index contributed by atoms with van der Waals surface area (Å²) in [6, 6.07) is 14.6. The molecular formula is C24H27N3O4S2. The monoisotopic (exact) mass is 485 g/mol. The Bertz CT molecular complexity index is 1070. The molecule has 1 aromatic heterocycles. The lowest BCUT2D eigenvalue weighted by molar-refractivity contribution is 0.103. The Morgan fingerprint density at radius 3 is 2.00 bits per heavy atom. The van der Waals surface area contributed by atoms with Crippen LogP contribution in [0.2, 0.25) is 0 Å². The molecule has 0 atom stereocenters. The Morgan fingerprint density at radius 1 is 0.848 bits per heavy atom. The van der Waals surface area contributed by atoms with E-state index in [4.69, 9.17) is 26.4 Å². The molecule has 0 saturated heterocycles. The van der Waals surface area contributed by atoms with Gasteiger partial charge in [0.05, 0.1) is 36.1 Å². The van der Waals surface area contributed by atoms with Gasteiger partial charge < -0.3 is 30.2 Å². The lowest BCUT2D eigenvalue weighted by atomic mass is 10.2. The molecule has 0 spiro atoms. The molecule has 9 heteroatoms. The van der Waals surface area contributed by atoms with Crippen molar-refractivity contribution in [3.63, 3.8) is 0 Å². The van der Waals surface area contributed by atoms with Gasteiger partial charge in [0, 0.05) is 17.8 Å². The summed E-state index contributed by atoms with van der Waals surface area (Å²) in [4.78, 5) is 13.2. The van der Waals surface area contributed by atoms with Gasteiger partial charge in [-0.1, -0.05) is 6.07 Å². The summed E-state index contributed by atoms with van der Waals surface area (Å²) in [6.45, 7) is 7.20. The lowest BCUT2D eigenvalue weighted by Gasteiger charge is -2.19. The molecule has 0 fully saturated rings. The van der Waals surface area contributed by atoms with Crippen LogP contribution in [0, 0.1) is 0 Å². The molecule has 3 N–H and O–H groups in total. The van der Waals surface area contributed by atoms with Gasteiger partial charge in [0.15, 0.2) is 5.11 Å². The summed E-state index contributed by atoms with van der Waals surface area (Å²) < 4.78 is 17.1. The van der Waals surface area contributed by atoms with Crippen molar-refractivity contribution < 1.29 is 19.0 Å². The highest BCUT2D eigenvalue weighted by Gasteiger charge is 2.16. The van der Waals surface area contributed by atoms with Gasteiger partial charge in [-0.25, -0.2) is 0 Å². The molecule has 0 unspecified atom stereocenters. The van der Waals surface area contributed by atoms with Crippen molar-refractivity contribution in [2.24, 2.45) is 0 Å². The number of benzene rings is 2. The first-order valence-electron chi connectivity index (χ1n) is 10.6. The number of carbonyl (C=O) groups excluding carboxylic acids is 1. The maximum absolute atomic E-state index is 12.6. The molecule has 3 rings (SSSR count). The minimum Gasteiger partial charge on any atom is -0.494 e. The molecular weight excluding hydrogens is 458 g/mol. The summed E-state index contributed by atoms with van der Waals surface area (Å²) >= 11 is 6.86. The first-order valence-corrected chi connectivity index (χ1v) is 11.9. The van der Waals surface area contributed by atoms with E-state index in [2.05, 4.69) is 16.0 Å². The first-order chi connectivity index (χ1) is 16.0. The molecule has 174 valence electrons. The molecule has 0 aliphatic rings. The van der Waals surface area contributed by atoms with E-state index in [0.717, 1.165) is 11.4 Å². The van der Waals surface area contributed by atoms with Crippen LogP contribution in [0.4, 0.5) is 17.1 Å². The van der Waals surface area contributed by atoms with Crippen LogP contribution in [0.15, 0.2) is 53.9 Å². The number of thiocarbonyl (C=S) groups is 1. The third-order valence-electron chi connectivity index (χ3n) is 4.35. The number of anilines is 3. The fourth-order valence-electron chi connectivity index (χ4n) is 2.98. The van der Waals surface area contributed by atoms with Gasteiger partial charge in [-0.05, 0) is 68.7 Å². The third-order valence-corrected chi connectivity index (χ3v) is 5.42. The maximum atomic E-state index is 12.6. The predicted octanol–water partition coefficient (Wildman–Crippen LogP) is 6.01. The fraction of sp³-hybridized carbons (Fsp3) is 0.250. The Balaban J connectivity index is 1.80. The second-order valence-corrected chi connectivity index (χ2v) is 8.03. The van der Waals surface area contributed by atoms with Gasteiger partial charge >= 0.3 is 0 Å². The molecule has 1 amide bonds. The highest BCUT2D eigenvalue weighted by molar-refractivity contribution is 7.80. The van der Waals surface area contributed by atoms with Gasteiger partial charge in [0.1, 0.15) is 17.2 Å². The molecule has 0 bridgehead atoms. The number of hydrogen-bond donors (Lipinski definition) is 3. The number of ether oxygens (including phenoxy) is 3. The van der Waals surface area contributed by atoms with Crippen LogP contribution in [-0.2, 0) is 0 Å². The minimum absolute atomic E-state index is 0.207. The van der Waals surface area contributed by atoms with Crippen molar-refractivity contribution in [2.45, 2.75) is 20.8 Å². The van der Waals surface area contributed by atoms with E-state index in [0.29, 0.717) is 52.7 Å². The summed E-state index contributed by atoms with van der Waals surface area (Å²) in [5, 5.41) is 11.5. The third kappa shape index (κ3) is 6.84. The quantitative estimate of drug-likeness (QED) is 0.304. The summed E-state index contributed by atoms with van der Waals surface area (Å²) in [5.74, 6) is 1.64. The van der Waals surface area contributed by atoms with Gasteiger partial charge in [-0.3, -0.25) is 4.79 Å². The van der Waals surface area contributed by atoms with Crippen LogP contribution in [0.25, 0.3) is 0 Å². The Labute approximate surface area is 203 Å². The van der Waals surface area contributed by atoms with Crippen molar-refractivity contribution in [1.82, 2.24) is 0 Å². The highest BCUT2D eigenvalue weighted by Crippen LogP contribution is 2.37. The van der Waals surface area contributed by atoms with Crippen molar-refractivity contribution in [3.8, 4) is 17.2 Å². The zero-order chi connectivity index (χ0) is 23.6. The summed E-state index contributed by atoms with van der Waals surface area (Å²) in [5.41, 5.74) is 1.96. The predicted molar refractivity (Wildman–Crippen MR) is 139 cm³/mol. The molecule has 0 radical (unpaired) electrons. The Hall–Kier alpha value is -3.30. The number of amides is 1. The number of hydrogen-bond acceptors (Lipinski definition) is 6. The standard InChI is InChI=1S/C24H27N3O4S2/c1-4-29-17-11-9-16(10-12-17)25-24(32)27-19-15-20(30-5-2)18(14-21(19)31-6-3)26-23(28)22-8-7-13-33-22/h7-15H,4-6H2,1-3H3,(H,26,28)(H2,25,27,32). The van der Waals surface area contributed by atoms with Gasteiger partial charge in [0.2, 0.25) is 0 Å². The smallest absolute Gasteiger partial charge is 0.265 e. The normalized spacial score (nSPS) is 10.3. The topological polar surface area (TPSA) is 80.9 Å². The number of rotatable bonds is 10. The van der Waals surface area contributed by atoms with E-state index in [-0.39, 0.29) is 5.91 Å². The van der Waals surface area contributed by atoms with Crippen molar-refractivity contribution >= 4 is 51.6 Å². The van der Waals surface area contributed by atoms with Gasteiger partial charge in [-0.15, -0.1) is 11.3 Å². The molecule has 3 aromatic rings. The van der Waals surface area contributed by atoms with Crippen LogP contribution in [0.5, 0.6) is 17.2 Å². The Morgan fingerprint density at radius 2 is 1.45 bits per heavy atom. The van der Waals surface area contributed by atoms with Crippen molar-refractivity contribution in [2.75, 3.05) is 35.8 Å². The largest absolute Gasteiger partial charge is 0.494 e. The SMILES string of the molecule is CCOc1ccc(NC(=S)Nc2cc(OCC)c(NC(=O)c3cccs3)cc2OCC)cc1. The molecule has 0 aliphatic heterocycles. The Kier molecular flexibility index (Phi) is 8.91. The van der Waals surface area contributed by atoms with E-state index in [9.17, 15) is 4.79 Å². The molecule has 1 heterocycles. The second kappa shape index (κ2) is 12.1. The summed E-state index contributed by atoms with van der Waals surface area (Å²) in [7, 11) is 0. The van der Waals surface area contributed by atoms with E-state index in [1.54, 1.807) is 18.2 Å². The van der Waals surface area contributed by atoms with E-state index >= 15 is 0 Å². The molecule has 7 nitrogen and oxygen atoms in total. The van der Waals surface area contributed by atoms with Crippen LogP contribution in [0.3, 0.4) is 0 Å². The lowest BCUT2D eigenvalue weighted by Crippen LogP contribution is -2.20. The molecule has 33 heavy (non-hydrogen) atoms. The average molecular weight is 486 g/mol.